The molecule has 0 unspecified atom stereocenters. The standard InChI is InChI=1S/C13H21NS/c1-12-9-13(6-4-3-5-7-13)10(12)8-11(14-12)15-2/h10H,3-9H2,1-2H3/t10-,12+/m1/s1. The topological polar surface area (TPSA) is 12.4 Å². The molecule has 0 aromatic heterocycles. The average molecular weight is 223 g/mol. The van der Waals surface area contributed by atoms with Gasteiger partial charge in [0, 0.05) is 6.42 Å². The Bertz CT molecular complexity index is 304. The molecule has 2 saturated carbocycles. The molecule has 1 heterocycles. The van der Waals surface area contributed by atoms with Gasteiger partial charge in [0.1, 0.15) is 0 Å². The number of hydrogen-bond acceptors (Lipinski definition) is 2. The van der Waals surface area contributed by atoms with E-state index in [1.807, 2.05) is 11.8 Å². The first-order valence-electron chi connectivity index (χ1n) is 6.31. The highest BCUT2D eigenvalue weighted by Crippen LogP contribution is 2.66. The molecule has 1 aliphatic heterocycles. The summed E-state index contributed by atoms with van der Waals surface area (Å²) in [6.45, 7) is 2.39. The Kier molecular flexibility index (Phi) is 2.21. The minimum absolute atomic E-state index is 0.343. The number of thioether (sulfide) groups is 1. The first kappa shape index (κ1) is 10.2. The molecule has 2 heteroatoms. The fraction of sp³-hybridized carbons (Fsp3) is 0.923. The van der Waals surface area contributed by atoms with Crippen LogP contribution in [0.1, 0.15) is 51.9 Å². The van der Waals surface area contributed by atoms with Crippen LogP contribution in [0.15, 0.2) is 4.99 Å². The Morgan fingerprint density at radius 1 is 1.27 bits per heavy atom. The minimum atomic E-state index is 0.343. The second-order valence-electron chi connectivity index (χ2n) is 5.92. The fourth-order valence-electron chi connectivity index (χ4n) is 4.46. The molecule has 0 radical (unpaired) electrons. The molecule has 1 spiro atoms. The SMILES string of the molecule is CSC1=N[C@@]2(C)CC3(CCCCC3)[C@@H]2C1. The van der Waals surface area contributed by atoms with Crippen molar-refractivity contribution in [2.75, 3.05) is 6.26 Å². The molecule has 2 aliphatic carbocycles. The molecule has 15 heavy (non-hydrogen) atoms. The Hall–Kier alpha value is 0.0200. The Labute approximate surface area is 97.1 Å². The van der Waals surface area contributed by atoms with Gasteiger partial charge in [0.05, 0.1) is 10.6 Å². The maximum Gasteiger partial charge on any atom is 0.0684 e. The summed E-state index contributed by atoms with van der Waals surface area (Å²) < 4.78 is 0. The van der Waals surface area contributed by atoms with Gasteiger partial charge in [0.15, 0.2) is 0 Å². The van der Waals surface area contributed by atoms with Crippen LogP contribution in [0.3, 0.4) is 0 Å². The van der Waals surface area contributed by atoms with E-state index in [1.54, 1.807) is 0 Å². The fourth-order valence-corrected chi connectivity index (χ4v) is 5.09. The smallest absolute Gasteiger partial charge is 0.0684 e. The third kappa shape index (κ3) is 1.33. The molecule has 0 N–H and O–H groups in total. The predicted octanol–water partition coefficient (Wildman–Crippen LogP) is 3.88. The van der Waals surface area contributed by atoms with Crippen molar-refractivity contribution in [1.29, 1.82) is 0 Å². The molecule has 1 nitrogen and oxygen atoms in total. The van der Waals surface area contributed by atoms with Crippen molar-refractivity contribution in [3.8, 4) is 0 Å². The summed E-state index contributed by atoms with van der Waals surface area (Å²) in [5.74, 6) is 0.896. The van der Waals surface area contributed by atoms with Crippen LogP contribution in [-0.2, 0) is 0 Å². The Morgan fingerprint density at radius 3 is 2.67 bits per heavy atom. The molecule has 2 atom stereocenters. The molecule has 0 amide bonds. The van der Waals surface area contributed by atoms with Gasteiger partial charge in [0.25, 0.3) is 0 Å². The second kappa shape index (κ2) is 3.26. The van der Waals surface area contributed by atoms with Crippen LogP contribution in [0.5, 0.6) is 0 Å². The highest BCUT2D eigenvalue weighted by Gasteiger charge is 2.62. The summed E-state index contributed by atoms with van der Waals surface area (Å²) >= 11 is 1.88. The van der Waals surface area contributed by atoms with Gasteiger partial charge in [-0.2, -0.15) is 0 Å². The van der Waals surface area contributed by atoms with E-state index in [2.05, 4.69) is 13.2 Å². The lowest BCUT2D eigenvalue weighted by atomic mass is 9.46. The van der Waals surface area contributed by atoms with Crippen molar-refractivity contribution < 1.29 is 0 Å². The van der Waals surface area contributed by atoms with Gasteiger partial charge < -0.3 is 0 Å². The molecule has 3 aliphatic rings. The van der Waals surface area contributed by atoms with Crippen molar-refractivity contribution in [2.24, 2.45) is 16.3 Å². The highest BCUT2D eigenvalue weighted by atomic mass is 32.2. The molecule has 0 aromatic carbocycles. The summed E-state index contributed by atoms with van der Waals surface area (Å²) in [7, 11) is 0. The van der Waals surface area contributed by atoms with Gasteiger partial charge in [-0.3, -0.25) is 4.99 Å². The van der Waals surface area contributed by atoms with Crippen molar-refractivity contribution in [3.63, 3.8) is 0 Å². The normalized spacial score (nSPS) is 42.3. The Morgan fingerprint density at radius 2 is 2.00 bits per heavy atom. The minimum Gasteiger partial charge on any atom is -0.276 e. The van der Waals surface area contributed by atoms with Crippen LogP contribution in [-0.4, -0.2) is 16.8 Å². The number of nitrogens with zero attached hydrogens (tertiary/aromatic N) is 1. The Balaban J connectivity index is 1.80. The van der Waals surface area contributed by atoms with Crippen LogP contribution >= 0.6 is 11.8 Å². The summed E-state index contributed by atoms with van der Waals surface area (Å²) in [6.07, 6.45) is 12.3. The highest BCUT2D eigenvalue weighted by molar-refractivity contribution is 8.13. The van der Waals surface area contributed by atoms with Crippen molar-refractivity contribution in [2.45, 2.75) is 57.4 Å². The molecule has 0 saturated heterocycles. The van der Waals surface area contributed by atoms with Gasteiger partial charge in [-0.25, -0.2) is 0 Å². The van der Waals surface area contributed by atoms with Crippen LogP contribution in [0.4, 0.5) is 0 Å². The zero-order valence-corrected chi connectivity index (χ0v) is 10.7. The van der Waals surface area contributed by atoms with Gasteiger partial charge in [0.2, 0.25) is 0 Å². The number of rotatable bonds is 0. The van der Waals surface area contributed by atoms with E-state index in [1.165, 1.54) is 50.0 Å². The van der Waals surface area contributed by atoms with E-state index in [4.69, 9.17) is 4.99 Å². The second-order valence-corrected chi connectivity index (χ2v) is 6.80. The maximum absolute atomic E-state index is 4.94. The number of aliphatic imine (C=N–C) groups is 1. The quantitative estimate of drug-likeness (QED) is 0.607. The summed E-state index contributed by atoms with van der Waals surface area (Å²) in [4.78, 5) is 4.94. The molecule has 0 bridgehead atoms. The van der Waals surface area contributed by atoms with E-state index in [-0.39, 0.29) is 0 Å². The zero-order chi connectivity index (χ0) is 10.5. The lowest BCUT2D eigenvalue weighted by Crippen LogP contribution is -2.57. The van der Waals surface area contributed by atoms with Gasteiger partial charge in [-0.05, 0) is 43.8 Å². The third-order valence-electron chi connectivity index (χ3n) is 5.04. The van der Waals surface area contributed by atoms with E-state index < -0.39 is 0 Å². The van der Waals surface area contributed by atoms with Gasteiger partial charge in [-0.1, -0.05) is 19.3 Å². The largest absolute Gasteiger partial charge is 0.276 e. The number of fused-ring (bicyclic) bond motifs is 2. The monoisotopic (exact) mass is 223 g/mol. The van der Waals surface area contributed by atoms with E-state index in [0.717, 1.165) is 5.92 Å². The maximum atomic E-state index is 4.94. The molecule has 84 valence electrons. The summed E-state index contributed by atoms with van der Waals surface area (Å²) in [6, 6.07) is 0. The number of hydrogen-bond donors (Lipinski definition) is 0. The van der Waals surface area contributed by atoms with E-state index in [0.29, 0.717) is 11.0 Å². The van der Waals surface area contributed by atoms with Crippen molar-refractivity contribution in [1.82, 2.24) is 0 Å². The third-order valence-corrected chi connectivity index (χ3v) is 5.77. The summed E-state index contributed by atoms with van der Waals surface area (Å²) in [5, 5.41) is 1.42. The van der Waals surface area contributed by atoms with Gasteiger partial charge in [-0.15, -0.1) is 11.8 Å². The predicted molar refractivity (Wildman–Crippen MR) is 67.6 cm³/mol. The van der Waals surface area contributed by atoms with Gasteiger partial charge >= 0.3 is 0 Å². The molecular formula is C13H21NS. The lowest BCUT2D eigenvalue weighted by Gasteiger charge is -2.59. The average Bonchev–Trinajstić information content (AvgIpc) is 2.52. The van der Waals surface area contributed by atoms with Crippen molar-refractivity contribution >= 4 is 16.8 Å². The lowest BCUT2D eigenvalue weighted by molar-refractivity contribution is -0.0680. The van der Waals surface area contributed by atoms with E-state index >= 15 is 0 Å². The van der Waals surface area contributed by atoms with Crippen molar-refractivity contribution in [3.05, 3.63) is 0 Å². The van der Waals surface area contributed by atoms with Crippen LogP contribution in [0, 0.1) is 11.3 Å². The molecule has 2 fully saturated rings. The van der Waals surface area contributed by atoms with Crippen LogP contribution in [0.25, 0.3) is 0 Å². The molecule has 3 rings (SSSR count). The first-order valence-corrected chi connectivity index (χ1v) is 7.54. The zero-order valence-electron chi connectivity index (χ0n) is 9.88. The summed E-state index contributed by atoms with van der Waals surface area (Å²) in [5.41, 5.74) is 1.06. The molecular weight excluding hydrogens is 202 g/mol. The van der Waals surface area contributed by atoms with Crippen LogP contribution in [0.2, 0.25) is 0 Å². The van der Waals surface area contributed by atoms with E-state index in [9.17, 15) is 0 Å². The molecule has 0 aromatic rings. The first-order chi connectivity index (χ1) is 7.19. The van der Waals surface area contributed by atoms with Crippen LogP contribution < -0.4 is 0 Å².